The number of aromatic nitrogens is 1. The van der Waals surface area contributed by atoms with Crippen LogP contribution in [0.5, 0.6) is 0 Å². The van der Waals surface area contributed by atoms with Crippen LogP contribution in [-0.2, 0) is 12.8 Å². The fourth-order valence-electron chi connectivity index (χ4n) is 2.08. The third-order valence-corrected chi connectivity index (χ3v) is 4.82. The third kappa shape index (κ3) is 3.54. The molecular weight excluding hydrogens is 347 g/mol. The molecule has 1 atom stereocenters. The van der Waals surface area contributed by atoms with Crippen molar-refractivity contribution in [1.29, 1.82) is 0 Å². The molecule has 1 unspecified atom stereocenters. The van der Waals surface area contributed by atoms with Gasteiger partial charge in [-0.1, -0.05) is 31.2 Å². The molecule has 2 rings (SSSR count). The Labute approximate surface area is 128 Å². The molecule has 0 amide bonds. The molecule has 100 valence electrons. The second-order valence-corrected chi connectivity index (χ2v) is 5.88. The number of pyridine rings is 1. The summed E-state index contributed by atoms with van der Waals surface area (Å²) < 4.78 is 1.26. The standard InChI is InChI=1S/C16H19IN2/c1-3-12-7-8-13(19-10-12)9-15(18)14-6-4-5-11(2)16(14)17/h4-8,10,15H,3,9,18H2,1-2H3. The lowest BCUT2D eigenvalue weighted by Gasteiger charge is -2.15. The minimum Gasteiger partial charge on any atom is -0.324 e. The molecule has 0 aliphatic rings. The summed E-state index contributed by atoms with van der Waals surface area (Å²) in [7, 11) is 0. The lowest BCUT2D eigenvalue weighted by Crippen LogP contribution is -2.16. The fraction of sp³-hybridized carbons (Fsp3) is 0.312. The van der Waals surface area contributed by atoms with Crippen LogP contribution < -0.4 is 5.73 Å². The number of hydrogen-bond acceptors (Lipinski definition) is 2. The summed E-state index contributed by atoms with van der Waals surface area (Å²) in [6.07, 6.45) is 3.75. The van der Waals surface area contributed by atoms with Crippen LogP contribution >= 0.6 is 22.6 Å². The minimum atomic E-state index is 0.00627. The van der Waals surface area contributed by atoms with Crippen molar-refractivity contribution >= 4 is 22.6 Å². The van der Waals surface area contributed by atoms with Crippen molar-refractivity contribution in [3.05, 3.63) is 62.5 Å². The van der Waals surface area contributed by atoms with E-state index in [1.807, 2.05) is 6.20 Å². The first-order chi connectivity index (χ1) is 9.11. The second-order valence-electron chi connectivity index (χ2n) is 4.80. The van der Waals surface area contributed by atoms with Crippen molar-refractivity contribution in [1.82, 2.24) is 4.98 Å². The lowest BCUT2D eigenvalue weighted by atomic mass is 10.0. The van der Waals surface area contributed by atoms with Crippen molar-refractivity contribution in [3.63, 3.8) is 0 Å². The number of benzene rings is 1. The van der Waals surface area contributed by atoms with E-state index in [1.165, 1.54) is 20.3 Å². The molecule has 2 aromatic rings. The maximum atomic E-state index is 6.32. The zero-order chi connectivity index (χ0) is 13.8. The van der Waals surface area contributed by atoms with Gasteiger partial charge in [0, 0.05) is 27.9 Å². The SMILES string of the molecule is CCc1ccc(CC(N)c2cccc(C)c2I)nc1. The van der Waals surface area contributed by atoms with Crippen molar-refractivity contribution in [2.45, 2.75) is 32.7 Å². The molecule has 0 spiro atoms. The van der Waals surface area contributed by atoms with Gasteiger partial charge in [0.25, 0.3) is 0 Å². The van der Waals surface area contributed by atoms with Crippen LogP contribution in [0.15, 0.2) is 36.5 Å². The van der Waals surface area contributed by atoms with E-state index >= 15 is 0 Å². The van der Waals surface area contributed by atoms with E-state index in [2.05, 4.69) is 71.8 Å². The predicted octanol–water partition coefficient (Wildman–Crippen LogP) is 3.80. The maximum absolute atomic E-state index is 6.32. The van der Waals surface area contributed by atoms with Gasteiger partial charge in [-0.15, -0.1) is 0 Å². The molecule has 2 N–H and O–H groups in total. The summed E-state index contributed by atoms with van der Waals surface area (Å²) in [5.74, 6) is 0. The summed E-state index contributed by atoms with van der Waals surface area (Å²) in [6, 6.07) is 10.5. The Kier molecular flexibility index (Phi) is 4.93. The van der Waals surface area contributed by atoms with Crippen molar-refractivity contribution in [2.75, 3.05) is 0 Å². The van der Waals surface area contributed by atoms with Crippen LogP contribution in [0, 0.1) is 10.5 Å². The van der Waals surface area contributed by atoms with E-state index < -0.39 is 0 Å². The average Bonchev–Trinajstić information content (AvgIpc) is 2.42. The van der Waals surface area contributed by atoms with Gasteiger partial charge in [-0.2, -0.15) is 0 Å². The summed E-state index contributed by atoms with van der Waals surface area (Å²) in [5, 5.41) is 0. The lowest BCUT2D eigenvalue weighted by molar-refractivity contribution is 0.701. The largest absolute Gasteiger partial charge is 0.324 e. The maximum Gasteiger partial charge on any atom is 0.0422 e. The van der Waals surface area contributed by atoms with Crippen LogP contribution in [0.4, 0.5) is 0 Å². The number of halogens is 1. The van der Waals surface area contributed by atoms with Crippen LogP contribution in [0.2, 0.25) is 0 Å². The Morgan fingerprint density at radius 1 is 1.26 bits per heavy atom. The summed E-state index contributed by atoms with van der Waals surface area (Å²) >= 11 is 2.37. The third-order valence-electron chi connectivity index (χ3n) is 3.34. The highest BCUT2D eigenvalue weighted by atomic mass is 127. The van der Waals surface area contributed by atoms with E-state index in [0.29, 0.717) is 0 Å². The molecule has 1 aromatic heterocycles. The quantitative estimate of drug-likeness (QED) is 0.836. The average molecular weight is 366 g/mol. The zero-order valence-corrected chi connectivity index (χ0v) is 13.5. The number of aryl methyl sites for hydroxylation is 2. The molecule has 0 saturated carbocycles. The Bertz CT molecular complexity index is 549. The first-order valence-electron chi connectivity index (χ1n) is 6.56. The minimum absolute atomic E-state index is 0.00627. The Balaban J connectivity index is 2.15. The molecule has 1 aromatic carbocycles. The molecule has 0 aliphatic heterocycles. The van der Waals surface area contributed by atoms with Crippen molar-refractivity contribution < 1.29 is 0 Å². The monoisotopic (exact) mass is 366 g/mol. The van der Waals surface area contributed by atoms with Crippen LogP contribution in [-0.4, -0.2) is 4.98 Å². The van der Waals surface area contributed by atoms with E-state index in [0.717, 1.165) is 18.5 Å². The van der Waals surface area contributed by atoms with E-state index in [-0.39, 0.29) is 6.04 Å². The van der Waals surface area contributed by atoms with Crippen molar-refractivity contribution in [2.24, 2.45) is 5.73 Å². The number of nitrogens with two attached hydrogens (primary N) is 1. The van der Waals surface area contributed by atoms with Gasteiger partial charge >= 0.3 is 0 Å². The molecule has 0 saturated heterocycles. The van der Waals surface area contributed by atoms with Crippen LogP contribution in [0.1, 0.15) is 35.3 Å². The number of hydrogen-bond donors (Lipinski definition) is 1. The molecule has 1 heterocycles. The zero-order valence-electron chi connectivity index (χ0n) is 11.4. The second kappa shape index (κ2) is 6.48. The highest BCUT2D eigenvalue weighted by molar-refractivity contribution is 14.1. The Hall–Kier alpha value is -0.940. The van der Waals surface area contributed by atoms with E-state index in [4.69, 9.17) is 5.73 Å². The smallest absolute Gasteiger partial charge is 0.0422 e. The summed E-state index contributed by atoms with van der Waals surface area (Å²) in [5.41, 5.74) is 11.1. The predicted molar refractivity (Wildman–Crippen MR) is 88.1 cm³/mol. The van der Waals surface area contributed by atoms with Gasteiger partial charge in [-0.05, 0) is 58.7 Å². The van der Waals surface area contributed by atoms with Gasteiger partial charge in [-0.3, -0.25) is 4.98 Å². The molecule has 3 heteroatoms. The highest BCUT2D eigenvalue weighted by Crippen LogP contribution is 2.23. The van der Waals surface area contributed by atoms with E-state index in [1.54, 1.807) is 0 Å². The number of nitrogens with zero attached hydrogens (tertiary/aromatic N) is 1. The van der Waals surface area contributed by atoms with Gasteiger partial charge in [0.1, 0.15) is 0 Å². The van der Waals surface area contributed by atoms with Gasteiger partial charge in [0.05, 0.1) is 0 Å². The fourth-order valence-corrected chi connectivity index (χ4v) is 2.84. The Morgan fingerprint density at radius 3 is 2.68 bits per heavy atom. The first-order valence-corrected chi connectivity index (χ1v) is 7.64. The van der Waals surface area contributed by atoms with Gasteiger partial charge < -0.3 is 5.73 Å². The summed E-state index contributed by atoms with van der Waals surface area (Å²) in [4.78, 5) is 4.48. The van der Waals surface area contributed by atoms with Crippen LogP contribution in [0.3, 0.4) is 0 Å². The van der Waals surface area contributed by atoms with Crippen molar-refractivity contribution in [3.8, 4) is 0 Å². The molecule has 2 nitrogen and oxygen atoms in total. The Morgan fingerprint density at radius 2 is 2.05 bits per heavy atom. The molecular formula is C16H19IN2. The summed E-state index contributed by atoms with van der Waals surface area (Å²) in [6.45, 7) is 4.25. The molecule has 0 radical (unpaired) electrons. The molecule has 0 fully saturated rings. The molecule has 0 bridgehead atoms. The first kappa shape index (κ1) is 14.5. The molecule has 0 aliphatic carbocycles. The van der Waals surface area contributed by atoms with E-state index in [9.17, 15) is 0 Å². The normalized spacial score (nSPS) is 12.4. The molecule has 19 heavy (non-hydrogen) atoms. The highest BCUT2D eigenvalue weighted by Gasteiger charge is 2.12. The van der Waals surface area contributed by atoms with Gasteiger partial charge in [-0.25, -0.2) is 0 Å². The van der Waals surface area contributed by atoms with Gasteiger partial charge in [0.2, 0.25) is 0 Å². The van der Waals surface area contributed by atoms with Crippen LogP contribution in [0.25, 0.3) is 0 Å². The topological polar surface area (TPSA) is 38.9 Å². The van der Waals surface area contributed by atoms with Gasteiger partial charge in [0.15, 0.2) is 0 Å². The number of rotatable bonds is 4.